The zero-order chi connectivity index (χ0) is 44.1. The molecule has 64 heavy (non-hydrogen) atoms. The predicted octanol–water partition coefficient (Wildman–Crippen LogP) is 7.39. The lowest BCUT2D eigenvalue weighted by atomic mass is 9.95. The van der Waals surface area contributed by atoms with Crippen LogP contribution in [0, 0.1) is 0 Å². The van der Waals surface area contributed by atoms with Gasteiger partial charge in [0.1, 0.15) is 36.6 Å². The molecule has 3 aliphatic heterocycles. The molecule has 0 N–H and O–H groups in total. The molecule has 13 nitrogen and oxygen atoms in total. The van der Waals surface area contributed by atoms with Gasteiger partial charge in [-0.25, -0.2) is 4.79 Å². The number of carbonyl (C=O) groups is 2. The zero-order valence-corrected chi connectivity index (χ0v) is 36.0. The highest BCUT2D eigenvalue weighted by molar-refractivity contribution is 5.71. The summed E-state index contributed by atoms with van der Waals surface area (Å²) < 4.78 is 64.6. The Bertz CT molecular complexity index is 2170. The molecule has 13 heteroatoms. The van der Waals surface area contributed by atoms with Gasteiger partial charge in [-0.05, 0) is 27.8 Å². The SMILES string of the molecule is CO[C@@H]1OC(CO[C@@H]2OC(COCc3ccccc3)[C@H](OC(C)=O)[C@@H]3OC(=O)N(Cc4ccccc4)C23)[C@H](OCc2ccccc2)[C@@H](OCc2ccccc2)C1OCc1ccccc1. The minimum absolute atomic E-state index is 0.0104. The molecular formula is C51H55NO12. The van der Waals surface area contributed by atoms with E-state index in [4.69, 9.17) is 47.4 Å². The first kappa shape index (κ1) is 45.1. The Morgan fingerprint density at radius 3 is 1.50 bits per heavy atom. The van der Waals surface area contributed by atoms with Crippen LogP contribution in [0.2, 0.25) is 0 Å². The van der Waals surface area contributed by atoms with Crippen LogP contribution in [0.1, 0.15) is 34.7 Å². The van der Waals surface area contributed by atoms with E-state index in [1.807, 2.05) is 152 Å². The van der Waals surface area contributed by atoms with Crippen LogP contribution in [0.15, 0.2) is 152 Å². The smallest absolute Gasteiger partial charge is 0.411 e. The van der Waals surface area contributed by atoms with E-state index in [0.717, 1.165) is 27.8 Å². The number of amides is 1. The molecule has 3 saturated heterocycles. The first-order valence-electron chi connectivity index (χ1n) is 21.7. The number of fused-ring (bicyclic) bond motifs is 1. The average Bonchev–Trinajstić information content (AvgIpc) is 3.66. The minimum atomic E-state index is -1.09. The molecule has 3 heterocycles. The molecule has 0 aliphatic carbocycles. The molecular weight excluding hydrogens is 819 g/mol. The Balaban J connectivity index is 1.10. The molecule has 5 aromatic rings. The fourth-order valence-electron chi connectivity index (χ4n) is 8.34. The summed E-state index contributed by atoms with van der Waals surface area (Å²) in [6.07, 6.45) is -8.38. The molecule has 0 saturated carbocycles. The summed E-state index contributed by atoms with van der Waals surface area (Å²) in [5.41, 5.74) is 4.70. The maximum absolute atomic E-state index is 13.8. The van der Waals surface area contributed by atoms with Crippen LogP contribution in [-0.4, -0.2) is 98.6 Å². The van der Waals surface area contributed by atoms with Crippen molar-refractivity contribution in [3.05, 3.63) is 179 Å². The molecule has 3 fully saturated rings. The molecule has 10 atom stereocenters. The van der Waals surface area contributed by atoms with Gasteiger partial charge >= 0.3 is 12.1 Å². The number of ether oxygens (including phenoxy) is 10. The van der Waals surface area contributed by atoms with E-state index in [0.29, 0.717) is 0 Å². The second-order valence-electron chi connectivity index (χ2n) is 16.0. The molecule has 3 aliphatic rings. The quantitative estimate of drug-likeness (QED) is 0.0724. The number of rotatable bonds is 20. The van der Waals surface area contributed by atoms with E-state index in [1.54, 1.807) is 12.0 Å². The van der Waals surface area contributed by atoms with Crippen molar-refractivity contribution in [3.8, 4) is 0 Å². The Hall–Kier alpha value is -5.48. The Kier molecular flexibility index (Phi) is 15.8. The van der Waals surface area contributed by atoms with Crippen molar-refractivity contribution in [3.63, 3.8) is 0 Å². The second kappa shape index (κ2) is 22.4. The van der Waals surface area contributed by atoms with Gasteiger partial charge in [-0.3, -0.25) is 9.69 Å². The summed E-state index contributed by atoms with van der Waals surface area (Å²) in [6.45, 7) is 2.47. The van der Waals surface area contributed by atoms with Crippen molar-refractivity contribution < 1.29 is 57.0 Å². The van der Waals surface area contributed by atoms with Crippen LogP contribution in [0.3, 0.4) is 0 Å². The van der Waals surface area contributed by atoms with Crippen LogP contribution in [0.25, 0.3) is 0 Å². The number of hydrogen-bond acceptors (Lipinski definition) is 12. The fraction of sp³-hybridized carbons (Fsp3) is 0.373. The first-order valence-corrected chi connectivity index (χ1v) is 21.7. The van der Waals surface area contributed by atoms with Gasteiger partial charge in [0.25, 0.3) is 0 Å². The summed E-state index contributed by atoms with van der Waals surface area (Å²) in [7, 11) is 1.56. The molecule has 1 amide bonds. The molecule has 4 unspecified atom stereocenters. The van der Waals surface area contributed by atoms with Crippen LogP contribution in [-0.2, 0) is 85.1 Å². The average molecular weight is 874 g/mol. The maximum atomic E-state index is 13.8. The van der Waals surface area contributed by atoms with Gasteiger partial charge < -0.3 is 47.4 Å². The van der Waals surface area contributed by atoms with Gasteiger partial charge in [0.15, 0.2) is 24.8 Å². The summed E-state index contributed by atoms with van der Waals surface area (Å²) in [5.74, 6) is -0.553. The molecule has 0 radical (unpaired) electrons. The first-order chi connectivity index (χ1) is 31.4. The highest BCUT2D eigenvalue weighted by Crippen LogP contribution is 2.38. The second-order valence-corrected chi connectivity index (χ2v) is 16.0. The van der Waals surface area contributed by atoms with Crippen LogP contribution in [0.5, 0.6) is 0 Å². The topological polar surface area (TPSA) is 130 Å². The molecule has 336 valence electrons. The van der Waals surface area contributed by atoms with Gasteiger partial charge in [-0.2, -0.15) is 0 Å². The number of benzene rings is 5. The van der Waals surface area contributed by atoms with Crippen LogP contribution < -0.4 is 0 Å². The standard InChI is InChI=1S/C51H55NO12/c1-35(53)61-45-41(33-56-29-37-20-10-4-11-21-37)62-49(43-46(45)64-51(54)52(43)28-36-18-8-3-9-19-36)60-34-42-44(57-30-38-22-12-5-13-23-38)47(58-31-39-24-14-6-15-25-39)48(50(55-2)63-42)59-32-40-26-16-7-17-27-40/h3-27,41-50H,28-34H2,1-2H3/t41?,42?,43?,44-,45-,46+,47+,48?,49+,50+/m0/s1. The Morgan fingerprint density at radius 2 is 0.984 bits per heavy atom. The number of esters is 1. The van der Waals surface area contributed by atoms with E-state index >= 15 is 0 Å². The summed E-state index contributed by atoms with van der Waals surface area (Å²) >= 11 is 0. The van der Waals surface area contributed by atoms with Gasteiger partial charge in [0, 0.05) is 20.6 Å². The lowest BCUT2D eigenvalue weighted by Crippen LogP contribution is -2.64. The number of nitrogens with zero attached hydrogens (tertiary/aromatic N) is 1. The highest BCUT2D eigenvalue weighted by Gasteiger charge is 2.59. The number of methoxy groups -OCH3 is 1. The van der Waals surface area contributed by atoms with Crippen LogP contribution in [0.4, 0.5) is 4.79 Å². The van der Waals surface area contributed by atoms with Gasteiger partial charge in [0.2, 0.25) is 0 Å². The lowest BCUT2D eigenvalue weighted by Gasteiger charge is -2.47. The highest BCUT2D eigenvalue weighted by atomic mass is 16.7. The van der Waals surface area contributed by atoms with Crippen molar-refractivity contribution >= 4 is 12.1 Å². The van der Waals surface area contributed by atoms with Crippen molar-refractivity contribution in [2.45, 2.75) is 101 Å². The monoisotopic (exact) mass is 873 g/mol. The van der Waals surface area contributed by atoms with E-state index in [1.165, 1.54) is 6.92 Å². The van der Waals surface area contributed by atoms with E-state index in [2.05, 4.69) is 0 Å². The number of carbonyl (C=O) groups excluding carboxylic acids is 2. The molecule has 0 spiro atoms. The fourth-order valence-corrected chi connectivity index (χ4v) is 8.34. The third kappa shape index (κ3) is 11.6. The predicted molar refractivity (Wildman–Crippen MR) is 233 cm³/mol. The van der Waals surface area contributed by atoms with Crippen molar-refractivity contribution in [1.29, 1.82) is 0 Å². The van der Waals surface area contributed by atoms with Gasteiger partial charge in [0.05, 0.1) is 39.6 Å². The maximum Gasteiger partial charge on any atom is 0.411 e. The molecule has 0 bridgehead atoms. The third-order valence-corrected chi connectivity index (χ3v) is 11.4. The summed E-state index contributed by atoms with van der Waals surface area (Å²) in [6, 6.07) is 48.0. The molecule has 5 aromatic carbocycles. The van der Waals surface area contributed by atoms with Gasteiger partial charge in [-0.1, -0.05) is 152 Å². The van der Waals surface area contributed by atoms with Crippen molar-refractivity contribution in [2.24, 2.45) is 0 Å². The zero-order valence-electron chi connectivity index (χ0n) is 36.0. The summed E-state index contributed by atoms with van der Waals surface area (Å²) in [5, 5.41) is 0. The van der Waals surface area contributed by atoms with Crippen molar-refractivity contribution in [1.82, 2.24) is 4.90 Å². The molecule has 0 aromatic heterocycles. The van der Waals surface area contributed by atoms with E-state index in [9.17, 15) is 9.59 Å². The van der Waals surface area contributed by atoms with Gasteiger partial charge in [-0.15, -0.1) is 0 Å². The third-order valence-electron chi connectivity index (χ3n) is 11.4. The van der Waals surface area contributed by atoms with E-state index < -0.39 is 73.4 Å². The Morgan fingerprint density at radius 1 is 0.531 bits per heavy atom. The Labute approximate surface area is 374 Å². The largest absolute Gasteiger partial charge is 0.456 e. The van der Waals surface area contributed by atoms with Crippen LogP contribution >= 0.6 is 0 Å². The lowest BCUT2D eigenvalue weighted by molar-refractivity contribution is -0.335. The molecule has 8 rings (SSSR count). The number of hydrogen-bond donors (Lipinski definition) is 0. The van der Waals surface area contributed by atoms with Crippen molar-refractivity contribution in [2.75, 3.05) is 20.3 Å². The van der Waals surface area contributed by atoms with E-state index in [-0.39, 0.29) is 46.2 Å². The normalized spacial score (nSPS) is 26.5. The summed E-state index contributed by atoms with van der Waals surface area (Å²) in [4.78, 5) is 28.0. The minimum Gasteiger partial charge on any atom is -0.456 e.